The summed E-state index contributed by atoms with van der Waals surface area (Å²) in [7, 11) is 0. The monoisotopic (exact) mass is 284 g/mol. The van der Waals surface area contributed by atoms with Gasteiger partial charge < -0.3 is 4.74 Å². The maximum Gasteiger partial charge on any atom is 0.142 e. The van der Waals surface area contributed by atoms with Gasteiger partial charge in [-0.2, -0.15) is 0 Å². The molecule has 1 aliphatic rings. The third-order valence-corrected chi connectivity index (χ3v) is 4.11. The van der Waals surface area contributed by atoms with Gasteiger partial charge in [0.2, 0.25) is 0 Å². The van der Waals surface area contributed by atoms with Gasteiger partial charge in [0.25, 0.3) is 0 Å². The van der Waals surface area contributed by atoms with Gasteiger partial charge in [0.05, 0.1) is 0 Å². The Balaban J connectivity index is 1.93. The van der Waals surface area contributed by atoms with E-state index in [0.717, 1.165) is 11.3 Å². The van der Waals surface area contributed by atoms with Crippen molar-refractivity contribution in [2.24, 2.45) is 0 Å². The minimum Gasteiger partial charge on any atom is -0.481 e. The third kappa shape index (κ3) is 2.03. The zero-order valence-corrected chi connectivity index (χ0v) is 12.2. The molecule has 1 aliphatic heterocycles. The Morgan fingerprint density at radius 2 is 1.64 bits per heavy atom. The molecule has 22 heavy (non-hydrogen) atoms. The Morgan fingerprint density at radius 3 is 2.55 bits per heavy atom. The highest BCUT2D eigenvalue weighted by molar-refractivity contribution is 5.96. The maximum atomic E-state index is 6.20. The standard InChI is InChI=1S/C21H16O/c1-2-20-18-12-6-4-9-16(18)14-21(22-20)19-13-7-10-15-8-3-5-11-17(15)19/h2-14,20H,1H2. The lowest BCUT2D eigenvalue weighted by Crippen LogP contribution is -2.08. The van der Waals surface area contributed by atoms with Gasteiger partial charge in [-0.25, -0.2) is 0 Å². The molecule has 3 aromatic rings. The second kappa shape index (κ2) is 5.19. The van der Waals surface area contributed by atoms with Crippen molar-refractivity contribution < 1.29 is 4.74 Å². The molecule has 0 saturated carbocycles. The number of rotatable bonds is 2. The summed E-state index contributed by atoms with van der Waals surface area (Å²) in [5.41, 5.74) is 3.49. The molecule has 1 heteroatoms. The third-order valence-electron chi connectivity index (χ3n) is 4.11. The predicted molar refractivity (Wildman–Crippen MR) is 92.3 cm³/mol. The Labute approximate surface area is 130 Å². The van der Waals surface area contributed by atoms with Crippen molar-refractivity contribution in [3.05, 3.63) is 96.1 Å². The van der Waals surface area contributed by atoms with Gasteiger partial charge >= 0.3 is 0 Å². The van der Waals surface area contributed by atoms with Crippen LogP contribution in [-0.4, -0.2) is 0 Å². The molecule has 0 bridgehead atoms. The Kier molecular flexibility index (Phi) is 3.05. The van der Waals surface area contributed by atoms with Crippen molar-refractivity contribution in [2.75, 3.05) is 0 Å². The lowest BCUT2D eigenvalue weighted by atomic mass is 9.95. The van der Waals surface area contributed by atoms with Gasteiger partial charge in [0.1, 0.15) is 11.9 Å². The van der Waals surface area contributed by atoms with Gasteiger partial charge in [0, 0.05) is 11.1 Å². The van der Waals surface area contributed by atoms with E-state index in [1.54, 1.807) is 0 Å². The highest BCUT2D eigenvalue weighted by atomic mass is 16.5. The number of fused-ring (bicyclic) bond motifs is 2. The molecule has 1 atom stereocenters. The van der Waals surface area contributed by atoms with Crippen LogP contribution in [-0.2, 0) is 4.74 Å². The van der Waals surface area contributed by atoms with E-state index in [1.807, 2.05) is 12.1 Å². The van der Waals surface area contributed by atoms with E-state index in [9.17, 15) is 0 Å². The zero-order valence-electron chi connectivity index (χ0n) is 12.2. The average Bonchev–Trinajstić information content (AvgIpc) is 2.60. The van der Waals surface area contributed by atoms with Gasteiger partial charge in [-0.05, 0) is 28.5 Å². The molecule has 106 valence electrons. The fourth-order valence-corrected chi connectivity index (χ4v) is 3.03. The Bertz CT molecular complexity index is 884. The minimum absolute atomic E-state index is 0.102. The SMILES string of the molecule is C=CC1OC(c2cccc3ccccc23)=Cc2ccccc21. The van der Waals surface area contributed by atoms with E-state index in [4.69, 9.17) is 4.74 Å². The molecule has 1 unspecified atom stereocenters. The molecule has 0 radical (unpaired) electrons. The highest BCUT2D eigenvalue weighted by Crippen LogP contribution is 2.38. The lowest BCUT2D eigenvalue weighted by molar-refractivity contribution is 0.214. The summed E-state index contributed by atoms with van der Waals surface area (Å²) >= 11 is 0. The molecule has 1 heterocycles. The molecule has 0 N–H and O–H groups in total. The fourth-order valence-electron chi connectivity index (χ4n) is 3.03. The second-order valence-corrected chi connectivity index (χ2v) is 5.44. The Hall–Kier alpha value is -2.80. The number of benzene rings is 3. The summed E-state index contributed by atoms with van der Waals surface area (Å²) in [4.78, 5) is 0. The van der Waals surface area contributed by atoms with E-state index in [-0.39, 0.29) is 6.10 Å². The summed E-state index contributed by atoms with van der Waals surface area (Å²) < 4.78 is 6.20. The lowest BCUT2D eigenvalue weighted by Gasteiger charge is -2.25. The average molecular weight is 284 g/mol. The first-order valence-corrected chi connectivity index (χ1v) is 7.45. The van der Waals surface area contributed by atoms with Crippen LogP contribution in [0.3, 0.4) is 0 Å². The first kappa shape index (κ1) is 12.9. The summed E-state index contributed by atoms with van der Waals surface area (Å²) in [5.74, 6) is 0.903. The van der Waals surface area contributed by atoms with E-state index in [0.29, 0.717) is 0 Å². The van der Waals surface area contributed by atoms with Crippen molar-refractivity contribution in [3.63, 3.8) is 0 Å². The molecule has 3 aromatic carbocycles. The van der Waals surface area contributed by atoms with Crippen molar-refractivity contribution in [2.45, 2.75) is 6.10 Å². The quantitative estimate of drug-likeness (QED) is 0.557. The van der Waals surface area contributed by atoms with Crippen LogP contribution in [0.5, 0.6) is 0 Å². The predicted octanol–water partition coefficient (Wildman–Crippen LogP) is 5.60. The molecular weight excluding hydrogens is 268 g/mol. The van der Waals surface area contributed by atoms with E-state index in [2.05, 4.69) is 73.3 Å². The number of hydrogen-bond donors (Lipinski definition) is 0. The van der Waals surface area contributed by atoms with Crippen LogP contribution < -0.4 is 0 Å². The summed E-state index contributed by atoms with van der Waals surface area (Å²) in [6.07, 6.45) is 3.88. The van der Waals surface area contributed by atoms with Crippen LogP contribution >= 0.6 is 0 Å². The molecule has 0 saturated heterocycles. The summed E-state index contributed by atoms with van der Waals surface area (Å²) in [5, 5.41) is 2.43. The van der Waals surface area contributed by atoms with E-state index in [1.165, 1.54) is 21.9 Å². The first-order chi connectivity index (χ1) is 10.9. The first-order valence-electron chi connectivity index (χ1n) is 7.45. The fraction of sp³-hybridized carbons (Fsp3) is 0.0476. The molecule has 4 rings (SSSR count). The summed E-state index contributed by atoms with van der Waals surface area (Å²) in [6.45, 7) is 3.92. The highest BCUT2D eigenvalue weighted by Gasteiger charge is 2.21. The molecule has 0 spiro atoms. The van der Waals surface area contributed by atoms with Gasteiger partial charge in [-0.15, -0.1) is 0 Å². The smallest absolute Gasteiger partial charge is 0.142 e. The second-order valence-electron chi connectivity index (χ2n) is 5.44. The van der Waals surface area contributed by atoms with Crippen LogP contribution in [0.1, 0.15) is 22.8 Å². The normalized spacial score (nSPS) is 16.5. The van der Waals surface area contributed by atoms with E-state index >= 15 is 0 Å². The Morgan fingerprint density at radius 1 is 0.864 bits per heavy atom. The van der Waals surface area contributed by atoms with Crippen LogP contribution in [0.15, 0.2) is 79.4 Å². The van der Waals surface area contributed by atoms with Crippen molar-refractivity contribution in [3.8, 4) is 0 Å². The van der Waals surface area contributed by atoms with Crippen LogP contribution in [0.4, 0.5) is 0 Å². The molecule has 0 aromatic heterocycles. The molecular formula is C21H16O. The largest absolute Gasteiger partial charge is 0.481 e. The van der Waals surface area contributed by atoms with Crippen molar-refractivity contribution in [1.29, 1.82) is 0 Å². The molecule has 0 amide bonds. The van der Waals surface area contributed by atoms with Crippen molar-refractivity contribution in [1.82, 2.24) is 0 Å². The van der Waals surface area contributed by atoms with Gasteiger partial charge in [-0.3, -0.25) is 0 Å². The number of hydrogen-bond acceptors (Lipinski definition) is 1. The maximum absolute atomic E-state index is 6.20. The summed E-state index contributed by atoms with van der Waals surface area (Å²) in [6, 6.07) is 23.0. The number of ether oxygens (including phenoxy) is 1. The minimum atomic E-state index is -0.102. The topological polar surface area (TPSA) is 9.23 Å². The molecule has 0 aliphatic carbocycles. The molecule has 1 nitrogen and oxygen atoms in total. The van der Waals surface area contributed by atoms with Crippen LogP contribution in [0, 0.1) is 0 Å². The molecule has 0 fully saturated rings. The van der Waals surface area contributed by atoms with Crippen molar-refractivity contribution >= 4 is 22.6 Å². The van der Waals surface area contributed by atoms with Gasteiger partial charge in [-0.1, -0.05) is 73.3 Å². The van der Waals surface area contributed by atoms with Crippen LogP contribution in [0.2, 0.25) is 0 Å². The van der Waals surface area contributed by atoms with Gasteiger partial charge in [0.15, 0.2) is 0 Å². The van der Waals surface area contributed by atoms with Crippen LogP contribution in [0.25, 0.3) is 22.6 Å². The van der Waals surface area contributed by atoms with E-state index < -0.39 is 0 Å². The zero-order chi connectivity index (χ0) is 14.9.